The van der Waals surface area contributed by atoms with Crippen LogP contribution in [0.25, 0.3) is 0 Å². The molecule has 0 aliphatic carbocycles. The van der Waals surface area contributed by atoms with Gasteiger partial charge in [-0.2, -0.15) is 0 Å². The molecule has 22 heavy (non-hydrogen) atoms. The number of rotatable bonds is 5. The van der Waals surface area contributed by atoms with Crippen molar-refractivity contribution in [1.82, 2.24) is 10.3 Å². The molecule has 2 rings (SSSR count). The van der Waals surface area contributed by atoms with Crippen molar-refractivity contribution in [2.75, 3.05) is 11.2 Å². The predicted octanol–water partition coefficient (Wildman–Crippen LogP) is 2.50. The normalized spacial score (nSPS) is 10.1. The van der Waals surface area contributed by atoms with E-state index >= 15 is 0 Å². The molecule has 6 heteroatoms. The van der Waals surface area contributed by atoms with Crippen molar-refractivity contribution < 1.29 is 9.59 Å². The zero-order valence-electron chi connectivity index (χ0n) is 12.1. The third kappa shape index (κ3) is 4.30. The number of aromatic nitrogens is 1. The molecule has 0 fully saturated rings. The maximum absolute atomic E-state index is 12.3. The summed E-state index contributed by atoms with van der Waals surface area (Å²) in [6.07, 6.45) is 1.67. The summed E-state index contributed by atoms with van der Waals surface area (Å²) in [6, 6.07) is 10.7. The summed E-state index contributed by atoms with van der Waals surface area (Å²) in [4.78, 5) is 27.9. The number of carbonyl (C=O) groups excluding carboxylic acids is 2. The van der Waals surface area contributed by atoms with E-state index < -0.39 is 0 Å². The van der Waals surface area contributed by atoms with Crippen LogP contribution in [-0.2, 0) is 11.3 Å². The average Bonchev–Trinajstić information content (AvgIpc) is 2.55. The highest BCUT2D eigenvalue weighted by atomic mass is 35.5. The van der Waals surface area contributed by atoms with Gasteiger partial charge in [0.1, 0.15) is 5.88 Å². The van der Waals surface area contributed by atoms with E-state index in [-0.39, 0.29) is 17.7 Å². The predicted molar refractivity (Wildman–Crippen MR) is 85.9 cm³/mol. The summed E-state index contributed by atoms with van der Waals surface area (Å²) in [5.74, 6) is -0.799. The number of nitrogens with one attached hydrogen (secondary N) is 2. The molecule has 0 saturated heterocycles. The Bertz CT molecular complexity index is 674. The van der Waals surface area contributed by atoms with E-state index in [0.29, 0.717) is 17.8 Å². The van der Waals surface area contributed by atoms with Gasteiger partial charge in [-0.25, -0.2) is 0 Å². The van der Waals surface area contributed by atoms with Gasteiger partial charge in [0, 0.05) is 6.20 Å². The van der Waals surface area contributed by atoms with Crippen LogP contribution >= 0.6 is 11.6 Å². The molecule has 0 aliphatic heterocycles. The molecule has 0 saturated carbocycles. The van der Waals surface area contributed by atoms with Gasteiger partial charge in [-0.1, -0.05) is 17.7 Å². The average molecular weight is 318 g/mol. The van der Waals surface area contributed by atoms with Gasteiger partial charge in [-0.05, 0) is 31.2 Å². The van der Waals surface area contributed by atoms with E-state index in [0.717, 1.165) is 11.3 Å². The van der Waals surface area contributed by atoms with Gasteiger partial charge in [-0.15, -0.1) is 11.6 Å². The molecule has 2 aromatic rings. The number of aryl methyl sites for hydroxylation is 1. The molecular weight excluding hydrogens is 302 g/mol. The zero-order chi connectivity index (χ0) is 15.9. The molecule has 0 spiro atoms. The van der Waals surface area contributed by atoms with Crippen LogP contribution in [0.15, 0.2) is 42.6 Å². The Balaban J connectivity index is 2.13. The van der Waals surface area contributed by atoms with Gasteiger partial charge in [0.25, 0.3) is 5.91 Å². The van der Waals surface area contributed by atoms with Crippen LogP contribution in [0, 0.1) is 6.92 Å². The molecule has 0 bridgehead atoms. The fourth-order valence-electron chi connectivity index (χ4n) is 1.91. The van der Waals surface area contributed by atoms with Crippen LogP contribution in [0.4, 0.5) is 5.69 Å². The van der Waals surface area contributed by atoms with Gasteiger partial charge >= 0.3 is 0 Å². The van der Waals surface area contributed by atoms with Crippen LogP contribution < -0.4 is 10.6 Å². The van der Waals surface area contributed by atoms with Crippen LogP contribution in [0.5, 0.6) is 0 Å². The Hall–Kier alpha value is -2.40. The highest BCUT2D eigenvalue weighted by Gasteiger charge is 2.13. The quantitative estimate of drug-likeness (QED) is 0.832. The van der Waals surface area contributed by atoms with Gasteiger partial charge in [0.05, 0.1) is 23.5 Å². The van der Waals surface area contributed by atoms with Crippen LogP contribution in [-0.4, -0.2) is 22.7 Å². The molecule has 0 radical (unpaired) electrons. The topological polar surface area (TPSA) is 71.1 Å². The van der Waals surface area contributed by atoms with Crippen LogP contribution in [0.3, 0.4) is 0 Å². The zero-order valence-corrected chi connectivity index (χ0v) is 12.9. The standard InChI is InChI=1S/C16H16ClN3O2/c1-11-5-6-14(20-15(21)9-17)13(8-11)16(22)19-10-12-4-2-3-7-18-12/h2-8H,9-10H2,1H3,(H,19,22)(H,20,21). The molecular formula is C16H16ClN3O2. The SMILES string of the molecule is Cc1ccc(NC(=O)CCl)c(C(=O)NCc2ccccn2)c1. The number of carbonyl (C=O) groups is 2. The second-order valence-electron chi connectivity index (χ2n) is 4.73. The van der Waals surface area contributed by atoms with E-state index in [1.807, 2.05) is 31.2 Å². The number of pyridine rings is 1. The van der Waals surface area contributed by atoms with Crippen molar-refractivity contribution in [3.8, 4) is 0 Å². The van der Waals surface area contributed by atoms with E-state index in [2.05, 4.69) is 15.6 Å². The molecule has 114 valence electrons. The largest absolute Gasteiger partial charge is 0.346 e. The summed E-state index contributed by atoms with van der Waals surface area (Å²) in [7, 11) is 0. The Labute approximate surface area is 133 Å². The minimum atomic E-state index is -0.357. The highest BCUT2D eigenvalue weighted by Crippen LogP contribution is 2.17. The summed E-state index contributed by atoms with van der Waals surface area (Å²) in [5.41, 5.74) is 2.52. The van der Waals surface area contributed by atoms with Crippen molar-refractivity contribution in [1.29, 1.82) is 0 Å². The molecule has 2 N–H and O–H groups in total. The molecule has 1 aromatic heterocycles. The minimum absolute atomic E-state index is 0.164. The summed E-state index contributed by atoms with van der Waals surface area (Å²) < 4.78 is 0. The number of nitrogens with zero attached hydrogens (tertiary/aromatic N) is 1. The number of alkyl halides is 1. The van der Waals surface area contributed by atoms with Crippen molar-refractivity contribution >= 4 is 29.1 Å². The van der Waals surface area contributed by atoms with Gasteiger partial charge in [0.2, 0.25) is 5.91 Å². The lowest BCUT2D eigenvalue weighted by atomic mass is 10.1. The third-order valence-corrected chi connectivity index (χ3v) is 3.21. The van der Waals surface area contributed by atoms with E-state index in [1.165, 1.54) is 0 Å². The molecule has 1 aromatic carbocycles. The van der Waals surface area contributed by atoms with Crippen molar-refractivity contribution in [3.63, 3.8) is 0 Å². The Morgan fingerprint density at radius 3 is 2.73 bits per heavy atom. The van der Waals surface area contributed by atoms with Crippen LogP contribution in [0.2, 0.25) is 0 Å². The molecule has 0 atom stereocenters. The summed E-state index contributed by atoms with van der Waals surface area (Å²) in [6.45, 7) is 2.19. The number of amides is 2. The Kier molecular flexibility index (Phi) is 5.49. The monoisotopic (exact) mass is 317 g/mol. The number of anilines is 1. The summed E-state index contributed by atoms with van der Waals surface area (Å²) in [5, 5.41) is 5.41. The number of hydrogen-bond acceptors (Lipinski definition) is 3. The second-order valence-corrected chi connectivity index (χ2v) is 5.00. The maximum atomic E-state index is 12.3. The second kappa shape index (κ2) is 7.56. The lowest BCUT2D eigenvalue weighted by Crippen LogP contribution is -2.25. The number of hydrogen-bond donors (Lipinski definition) is 2. The lowest BCUT2D eigenvalue weighted by Gasteiger charge is -2.11. The van der Waals surface area contributed by atoms with E-state index in [9.17, 15) is 9.59 Å². The fraction of sp³-hybridized carbons (Fsp3) is 0.188. The van der Waals surface area contributed by atoms with Crippen molar-refractivity contribution in [2.45, 2.75) is 13.5 Å². The minimum Gasteiger partial charge on any atom is -0.346 e. The van der Waals surface area contributed by atoms with Crippen molar-refractivity contribution in [2.24, 2.45) is 0 Å². The lowest BCUT2D eigenvalue weighted by molar-refractivity contribution is -0.113. The maximum Gasteiger partial charge on any atom is 0.253 e. The third-order valence-electron chi connectivity index (χ3n) is 2.97. The Morgan fingerprint density at radius 1 is 1.23 bits per heavy atom. The molecule has 1 heterocycles. The van der Waals surface area contributed by atoms with Gasteiger partial charge < -0.3 is 10.6 Å². The van der Waals surface area contributed by atoms with Gasteiger partial charge in [-0.3, -0.25) is 14.6 Å². The van der Waals surface area contributed by atoms with Gasteiger partial charge in [0.15, 0.2) is 0 Å². The first-order valence-corrected chi connectivity index (χ1v) is 7.28. The van der Waals surface area contributed by atoms with Crippen molar-refractivity contribution in [3.05, 3.63) is 59.4 Å². The molecule has 5 nitrogen and oxygen atoms in total. The molecule has 2 amide bonds. The highest BCUT2D eigenvalue weighted by molar-refractivity contribution is 6.29. The Morgan fingerprint density at radius 2 is 2.05 bits per heavy atom. The first-order chi connectivity index (χ1) is 10.6. The number of halogens is 1. The van der Waals surface area contributed by atoms with Crippen LogP contribution in [0.1, 0.15) is 21.6 Å². The first-order valence-electron chi connectivity index (χ1n) is 6.74. The fourth-order valence-corrected chi connectivity index (χ4v) is 1.97. The molecule has 0 aliphatic rings. The molecule has 0 unspecified atom stereocenters. The van der Waals surface area contributed by atoms with E-state index in [4.69, 9.17) is 11.6 Å². The smallest absolute Gasteiger partial charge is 0.253 e. The summed E-state index contributed by atoms with van der Waals surface area (Å²) >= 11 is 5.49. The number of benzene rings is 1. The van der Waals surface area contributed by atoms with E-state index in [1.54, 1.807) is 18.3 Å². The first kappa shape index (κ1) is 16.0.